The van der Waals surface area contributed by atoms with Crippen molar-refractivity contribution in [2.24, 2.45) is 0 Å². The predicted octanol–water partition coefficient (Wildman–Crippen LogP) is 3.53. The van der Waals surface area contributed by atoms with Crippen molar-refractivity contribution < 1.29 is 17.9 Å². The van der Waals surface area contributed by atoms with E-state index in [-0.39, 0.29) is 24.4 Å². The average Bonchev–Trinajstić information content (AvgIpc) is 3.15. The van der Waals surface area contributed by atoms with Crippen LogP contribution in [-0.2, 0) is 27.6 Å². The molecule has 1 saturated heterocycles. The van der Waals surface area contributed by atoms with E-state index in [1.807, 2.05) is 36.4 Å². The molecule has 0 aromatic heterocycles. The van der Waals surface area contributed by atoms with E-state index in [1.165, 1.54) is 11.1 Å². The molecular weight excluding hydrogens is 412 g/mol. The lowest BCUT2D eigenvalue weighted by Crippen LogP contribution is -2.48. The van der Waals surface area contributed by atoms with Crippen molar-refractivity contribution >= 4 is 16.1 Å². The van der Waals surface area contributed by atoms with Gasteiger partial charge < -0.3 is 9.64 Å². The van der Waals surface area contributed by atoms with Gasteiger partial charge in [0.05, 0.1) is 11.8 Å². The largest absolute Gasteiger partial charge is 0.445 e. The Hall–Kier alpha value is -2.64. The number of carbonyl (C=O) groups is 1. The Morgan fingerprint density at radius 1 is 1.13 bits per heavy atom. The van der Waals surface area contributed by atoms with Crippen molar-refractivity contribution in [1.29, 1.82) is 0 Å². The molecule has 2 atom stereocenters. The van der Waals surface area contributed by atoms with E-state index in [4.69, 9.17) is 4.74 Å². The minimum absolute atomic E-state index is 0.0116. The second-order valence-electron chi connectivity index (χ2n) is 7.99. The maximum absolute atomic E-state index is 12.8. The Labute approximate surface area is 184 Å². The third kappa shape index (κ3) is 4.99. The topological polar surface area (TPSA) is 75.7 Å². The monoisotopic (exact) mass is 440 g/mol. The lowest BCUT2D eigenvalue weighted by molar-refractivity contribution is 0.106. The summed E-state index contributed by atoms with van der Waals surface area (Å²) < 4.78 is 32.7. The van der Waals surface area contributed by atoms with E-state index in [0.717, 1.165) is 17.5 Å². The summed E-state index contributed by atoms with van der Waals surface area (Å²) in [5.41, 5.74) is 4.56. The molecule has 2 heterocycles. The van der Waals surface area contributed by atoms with E-state index in [9.17, 15) is 13.2 Å². The summed E-state index contributed by atoms with van der Waals surface area (Å²) in [4.78, 5) is 14.4. The number of hydrogen-bond donors (Lipinski definition) is 1. The molecular formula is C24H28N2O4S. The summed E-state index contributed by atoms with van der Waals surface area (Å²) in [5, 5.41) is 0. The van der Waals surface area contributed by atoms with Crippen molar-refractivity contribution in [3.63, 3.8) is 0 Å². The lowest BCUT2D eigenvalue weighted by atomic mass is 9.94. The Bertz CT molecular complexity index is 1080. The molecule has 2 bridgehead atoms. The molecule has 2 aromatic rings. The highest BCUT2D eigenvalue weighted by Crippen LogP contribution is 2.28. The molecule has 2 aromatic carbocycles. The zero-order chi connectivity index (χ0) is 21.8. The molecule has 7 heteroatoms. The van der Waals surface area contributed by atoms with Gasteiger partial charge in [-0.15, -0.1) is 0 Å². The summed E-state index contributed by atoms with van der Waals surface area (Å²) in [7, 11) is -3.38. The highest BCUT2D eigenvalue weighted by atomic mass is 32.2. The first-order valence-corrected chi connectivity index (χ1v) is 12.4. The molecule has 2 aliphatic heterocycles. The number of cyclic esters (lactones) is 1. The molecule has 0 radical (unpaired) electrons. The van der Waals surface area contributed by atoms with Crippen LogP contribution in [0.3, 0.4) is 0 Å². The summed E-state index contributed by atoms with van der Waals surface area (Å²) in [6, 6.07) is 15.9. The van der Waals surface area contributed by atoms with Crippen LogP contribution in [0, 0.1) is 0 Å². The molecule has 1 N–H and O–H groups in total. The summed E-state index contributed by atoms with van der Waals surface area (Å²) in [6.45, 7) is 2.28. The lowest BCUT2D eigenvalue weighted by Gasteiger charge is -2.28. The van der Waals surface area contributed by atoms with Crippen LogP contribution in [0.5, 0.6) is 0 Å². The molecule has 31 heavy (non-hydrogen) atoms. The van der Waals surface area contributed by atoms with Gasteiger partial charge in [-0.05, 0) is 48.4 Å². The first-order chi connectivity index (χ1) is 15.0. The summed E-state index contributed by atoms with van der Waals surface area (Å²) in [5.74, 6) is 0.0116. The van der Waals surface area contributed by atoms with Crippen LogP contribution < -0.4 is 4.72 Å². The van der Waals surface area contributed by atoms with E-state index in [1.54, 1.807) is 11.8 Å². The minimum atomic E-state index is -3.38. The molecule has 1 amide bonds. The van der Waals surface area contributed by atoms with Crippen LogP contribution in [0.2, 0.25) is 0 Å². The Balaban J connectivity index is 1.72. The number of amides is 1. The Morgan fingerprint density at radius 3 is 2.81 bits per heavy atom. The van der Waals surface area contributed by atoms with Crippen molar-refractivity contribution in [2.75, 3.05) is 18.9 Å². The van der Waals surface area contributed by atoms with E-state index in [0.29, 0.717) is 19.4 Å². The van der Waals surface area contributed by atoms with Crippen molar-refractivity contribution in [3.05, 3.63) is 71.8 Å². The average molecular weight is 441 g/mol. The number of sulfonamides is 1. The summed E-state index contributed by atoms with van der Waals surface area (Å²) in [6.07, 6.45) is 5.35. The molecule has 2 unspecified atom stereocenters. The Kier molecular flexibility index (Phi) is 6.43. The first kappa shape index (κ1) is 21.6. The number of allylic oxidation sites excluding steroid dienone is 1. The Morgan fingerprint density at radius 2 is 1.97 bits per heavy atom. The summed E-state index contributed by atoms with van der Waals surface area (Å²) >= 11 is 0. The second-order valence-corrected chi connectivity index (χ2v) is 10.0. The fourth-order valence-electron chi connectivity index (χ4n) is 4.35. The first-order valence-electron chi connectivity index (χ1n) is 10.7. The molecule has 0 aliphatic carbocycles. The number of benzene rings is 2. The molecule has 0 saturated carbocycles. The molecule has 6 nitrogen and oxygen atoms in total. The van der Waals surface area contributed by atoms with Gasteiger partial charge >= 0.3 is 6.09 Å². The van der Waals surface area contributed by atoms with Crippen LogP contribution in [0.4, 0.5) is 4.79 Å². The molecule has 2 aliphatic rings. The van der Waals surface area contributed by atoms with Gasteiger partial charge in [-0.3, -0.25) is 0 Å². The van der Waals surface area contributed by atoms with Gasteiger partial charge in [-0.1, -0.05) is 60.7 Å². The van der Waals surface area contributed by atoms with Crippen LogP contribution in [0.15, 0.2) is 60.7 Å². The van der Waals surface area contributed by atoms with Gasteiger partial charge in [-0.2, -0.15) is 0 Å². The van der Waals surface area contributed by atoms with Gasteiger partial charge in [0.1, 0.15) is 6.61 Å². The van der Waals surface area contributed by atoms with E-state index >= 15 is 0 Å². The van der Waals surface area contributed by atoms with Crippen LogP contribution in [-0.4, -0.2) is 50.4 Å². The van der Waals surface area contributed by atoms with Crippen LogP contribution >= 0.6 is 0 Å². The van der Waals surface area contributed by atoms with Gasteiger partial charge in [-0.25, -0.2) is 17.9 Å². The highest BCUT2D eigenvalue weighted by Gasteiger charge is 2.39. The number of nitrogens with zero attached hydrogens (tertiary/aromatic N) is 1. The fraction of sp³-hybridized carbons (Fsp3) is 0.375. The SMILES string of the molecule is CCS(=O)(=O)NC1CCN2C(=O)OC/C=C\Cc3ccccc3-c3cccc(c3)CC12. The molecule has 164 valence electrons. The third-order valence-corrected chi connectivity index (χ3v) is 7.42. The smallest absolute Gasteiger partial charge is 0.410 e. The van der Waals surface area contributed by atoms with Crippen LogP contribution in [0.25, 0.3) is 11.1 Å². The quantitative estimate of drug-likeness (QED) is 0.741. The highest BCUT2D eigenvalue weighted by molar-refractivity contribution is 7.89. The fourth-order valence-corrected chi connectivity index (χ4v) is 5.25. The van der Waals surface area contributed by atoms with Crippen molar-refractivity contribution in [2.45, 2.75) is 38.3 Å². The van der Waals surface area contributed by atoms with Gasteiger partial charge in [0, 0.05) is 12.6 Å². The molecule has 0 spiro atoms. The number of nitrogens with one attached hydrogen (secondary N) is 1. The zero-order valence-electron chi connectivity index (χ0n) is 17.7. The van der Waals surface area contributed by atoms with Gasteiger partial charge in [0.2, 0.25) is 10.0 Å². The zero-order valence-corrected chi connectivity index (χ0v) is 18.5. The maximum Gasteiger partial charge on any atom is 0.410 e. The second kappa shape index (κ2) is 9.24. The van der Waals surface area contributed by atoms with Crippen molar-refractivity contribution in [3.8, 4) is 11.1 Å². The third-order valence-electron chi connectivity index (χ3n) is 6.00. The normalized spacial score (nSPS) is 22.7. The van der Waals surface area contributed by atoms with Gasteiger partial charge in [0.15, 0.2) is 0 Å². The minimum Gasteiger partial charge on any atom is -0.445 e. The number of carbonyl (C=O) groups excluding carboxylic acids is 1. The van der Waals surface area contributed by atoms with Gasteiger partial charge in [0.25, 0.3) is 0 Å². The number of rotatable bonds is 3. The standard InChI is InChI=1S/C24H28N2O4S/c1-2-31(28,29)25-22-13-14-26-23(22)17-18-8-7-11-20(16-18)21-12-4-3-9-19(21)10-5-6-15-30-24(26)27/h3-9,11-12,16,22-23,25H,2,10,13-15,17H2,1H3/b6-5-. The predicted molar refractivity (Wildman–Crippen MR) is 121 cm³/mol. The van der Waals surface area contributed by atoms with Crippen LogP contribution in [0.1, 0.15) is 24.5 Å². The van der Waals surface area contributed by atoms with Crippen molar-refractivity contribution in [1.82, 2.24) is 9.62 Å². The molecule has 4 rings (SSSR count). The number of hydrogen-bond acceptors (Lipinski definition) is 4. The van der Waals surface area contributed by atoms with E-state index in [2.05, 4.69) is 29.0 Å². The number of ether oxygens (including phenoxy) is 1. The number of fused-ring (bicyclic) bond motifs is 5. The van der Waals surface area contributed by atoms with E-state index < -0.39 is 16.1 Å². The maximum atomic E-state index is 12.8. The molecule has 1 fully saturated rings.